The summed E-state index contributed by atoms with van der Waals surface area (Å²) in [6, 6.07) is 9.25. The van der Waals surface area contributed by atoms with Crippen LogP contribution in [0.15, 0.2) is 42.5 Å². The largest absolute Gasteiger partial charge is 0.457 e. The summed E-state index contributed by atoms with van der Waals surface area (Å²) in [5.74, 6) is -1.03. The maximum Gasteiger partial charge on any atom is 0.341 e. The summed E-state index contributed by atoms with van der Waals surface area (Å²) in [7, 11) is 0. The Morgan fingerprint density at radius 1 is 1.27 bits per heavy atom. The average molecular weight is 204 g/mol. The van der Waals surface area contributed by atoms with E-state index in [4.69, 9.17) is 4.74 Å². The molecule has 0 spiro atoms. The number of esters is 1. The summed E-state index contributed by atoms with van der Waals surface area (Å²) in [5.41, 5.74) is 0.758. The topological polar surface area (TPSA) is 43.4 Å². The molecule has 0 radical (unpaired) electrons. The fraction of sp³-hybridized carbons (Fsp3) is 0.167. The van der Waals surface area contributed by atoms with E-state index in [-0.39, 0.29) is 18.0 Å². The standard InChI is InChI=1S/C12H12O3/c1-9(10(2)13)12(14)15-8-11-6-4-3-5-7-11/h3-7H,1,8H2,2H3. The van der Waals surface area contributed by atoms with Crippen LogP contribution in [0.5, 0.6) is 0 Å². The van der Waals surface area contributed by atoms with Crippen LogP contribution in [0.1, 0.15) is 12.5 Å². The molecule has 0 unspecified atom stereocenters. The Bertz CT molecular complexity index is 379. The summed E-state index contributed by atoms with van der Waals surface area (Å²) >= 11 is 0. The van der Waals surface area contributed by atoms with Gasteiger partial charge in [0.1, 0.15) is 6.61 Å². The second kappa shape index (κ2) is 5.10. The molecule has 0 N–H and O–H groups in total. The molecule has 0 aliphatic carbocycles. The van der Waals surface area contributed by atoms with Gasteiger partial charge in [-0.1, -0.05) is 36.9 Å². The van der Waals surface area contributed by atoms with Crippen molar-refractivity contribution in [1.29, 1.82) is 0 Å². The fourth-order valence-electron chi connectivity index (χ4n) is 0.954. The lowest BCUT2D eigenvalue weighted by Crippen LogP contribution is -2.12. The Hall–Kier alpha value is -1.90. The van der Waals surface area contributed by atoms with Crippen LogP contribution in [-0.4, -0.2) is 11.8 Å². The Morgan fingerprint density at radius 3 is 2.40 bits per heavy atom. The quantitative estimate of drug-likeness (QED) is 0.325. The minimum atomic E-state index is -0.661. The predicted octanol–water partition coefficient (Wildman–Crippen LogP) is 1.87. The lowest BCUT2D eigenvalue weighted by atomic mass is 10.2. The number of hydrogen-bond donors (Lipinski definition) is 0. The van der Waals surface area contributed by atoms with Crippen molar-refractivity contribution in [3.63, 3.8) is 0 Å². The fourth-order valence-corrected chi connectivity index (χ4v) is 0.954. The number of rotatable bonds is 4. The van der Waals surface area contributed by atoms with Crippen LogP contribution < -0.4 is 0 Å². The summed E-state index contributed by atoms with van der Waals surface area (Å²) < 4.78 is 4.89. The van der Waals surface area contributed by atoms with Gasteiger partial charge >= 0.3 is 5.97 Å². The van der Waals surface area contributed by atoms with E-state index in [1.165, 1.54) is 6.92 Å². The molecular weight excluding hydrogens is 192 g/mol. The minimum Gasteiger partial charge on any atom is -0.457 e. The van der Waals surface area contributed by atoms with Gasteiger partial charge in [0.05, 0.1) is 5.57 Å². The number of Topliss-reactive ketones (excluding diaryl/α,β-unsaturated/α-hetero) is 1. The highest BCUT2D eigenvalue weighted by Gasteiger charge is 2.12. The summed E-state index contributed by atoms with van der Waals surface area (Å²) in [6.45, 7) is 4.78. The lowest BCUT2D eigenvalue weighted by Gasteiger charge is -2.04. The second-order valence-electron chi connectivity index (χ2n) is 3.10. The summed E-state index contributed by atoms with van der Waals surface area (Å²) in [5, 5.41) is 0. The van der Waals surface area contributed by atoms with E-state index >= 15 is 0 Å². The van der Waals surface area contributed by atoms with Gasteiger partial charge in [0.2, 0.25) is 0 Å². The maximum atomic E-state index is 11.2. The molecule has 0 saturated heterocycles. The zero-order valence-electron chi connectivity index (χ0n) is 8.53. The second-order valence-corrected chi connectivity index (χ2v) is 3.10. The molecule has 1 aromatic rings. The van der Waals surface area contributed by atoms with Crippen LogP contribution >= 0.6 is 0 Å². The molecule has 0 aliphatic rings. The lowest BCUT2D eigenvalue weighted by molar-refractivity contribution is -0.141. The highest BCUT2D eigenvalue weighted by molar-refractivity contribution is 6.15. The van der Waals surface area contributed by atoms with Gasteiger partial charge in [-0.2, -0.15) is 0 Å². The SMILES string of the molecule is C=C(C(C)=O)C(=O)OCc1ccccc1. The molecule has 0 saturated carbocycles. The van der Waals surface area contributed by atoms with Crippen molar-refractivity contribution in [1.82, 2.24) is 0 Å². The van der Waals surface area contributed by atoms with Gasteiger partial charge in [-0.25, -0.2) is 4.79 Å². The van der Waals surface area contributed by atoms with Crippen molar-refractivity contribution in [3.05, 3.63) is 48.0 Å². The monoisotopic (exact) mass is 204 g/mol. The predicted molar refractivity (Wildman–Crippen MR) is 56.1 cm³/mol. The summed E-state index contributed by atoms with van der Waals surface area (Å²) in [6.07, 6.45) is 0. The Balaban J connectivity index is 2.48. The van der Waals surface area contributed by atoms with Crippen LogP contribution in [0, 0.1) is 0 Å². The first kappa shape index (κ1) is 11.2. The van der Waals surface area contributed by atoms with Crippen molar-refractivity contribution >= 4 is 11.8 Å². The van der Waals surface area contributed by atoms with E-state index in [0.29, 0.717) is 0 Å². The molecule has 0 aromatic heterocycles. The zero-order valence-corrected chi connectivity index (χ0v) is 8.53. The molecule has 1 rings (SSSR count). The third-order valence-corrected chi connectivity index (χ3v) is 1.88. The number of carbonyl (C=O) groups is 2. The van der Waals surface area contributed by atoms with Crippen LogP contribution in [0.25, 0.3) is 0 Å². The molecule has 0 aliphatic heterocycles. The number of benzene rings is 1. The molecule has 1 aromatic carbocycles. The molecule has 78 valence electrons. The summed E-state index contributed by atoms with van der Waals surface area (Å²) in [4.78, 5) is 22.0. The smallest absolute Gasteiger partial charge is 0.341 e. The third-order valence-electron chi connectivity index (χ3n) is 1.88. The molecule has 0 bridgehead atoms. The Morgan fingerprint density at radius 2 is 1.87 bits per heavy atom. The first-order valence-electron chi connectivity index (χ1n) is 4.52. The highest BCUT2D eigenvalue weighted by atomic mass is 16.5. The number of ether oxygens (including phenoxy) is 1. The van der Waals surface area contributed by atoms with E-state index in [2.05, 4.69) is 6.58 Å². The van der Waals surface area contributed by atoms with Crippen molar-refractivity contribution < 1.29 is 14.3 Å². The Labute approximate surface area is 88.4 Å². The first-order valence-corrected chi connectivity index (χ1v) is 4.52. The van der Waals surface area contributed by atoms with Gasteiger partial charge in [0.15, 0.2) is 5.78 Å². The molecule has 3 heteroatoms. The molecule has 3 nitrogen and oxygen atoms in total. The number of hydrogen-bond acceptors (Lipinski definition) is 3. The van der Waals surface area contributed by atoms with Crippen molar-refractivity contribution in [2.75, 3.05) is 0 Å². The molecule has 0 atom stereocenters. The van der Waals surface area contributed by atoms with E-state index in [1.54, 1.807) is 0 Å². The van der Waals surface area contributed by atoms with E-state index in [9.17, 15) is 9.59 Å². The normalized spacial score (nSPS) is 9.40. The molecule has 15 heavy (non-hydrogen) atoms. The Kier molecular flexibility index (Phi) is 3.80. The average Bonchev–Trinajstić information content (AvgIpc) is 2.26. The van der Waals surface area contributed by atoms with Gasteiger partial charge in [0, 0.05) is 0 Å². The first-order chi connectivity index (χ1) is 7.11. The third kappa shape index (κ3) is 3.38. The van der Waals surface area contributed by atoms with Gasteiger partial charge < -0.3 is 4.74 Å². The van der Waals surface area contributed by atoms with E-state index in [0.717, 1.165) is 5.56 Å². The van der Waals surface area contributed by atoms with E-state index < -0.39 is 5.97 Å². The molecular formula is C12H12O3. The maximum absolute atomic E-state index is 11.2. The van der Waals surface area contributed by atoms with Gasteiger partial charge in [-0.15, -0.1) is 0 Å². The van der Waals surface area contributed by atoms with Crippen molar-refractivity contribution in [3.8, 4) is 0 Å². The number of carbonyl (C=O) groups excluding carboxylic acids is 2. The van der Waals surface area contributed by atoms with Crippen LogP contribution in [0.2, 0.25) is 0 Å². The highest BCUT2D eigenvalue weighted by Crippen LogP contribution is 2.03. The van der Waals surface area contributed by atoms with Crippen LogP contribution in [0.3, 0.4) is 0 Å². The molecule has 0 heterocycles. The van der Waals surface area contributed by atoms with E-state index in [1.807, 2.05) is 30.3 Å². The zero-order chi connectivity index (χ0) is 11.3. The van der Waals surface area contributed by atoms with Crippen LogP contribution in [0.4, 0.5) is 0 Å². The molecule has 0 amide bonds. The molecule has 0 fully saturated rings. The minimum absolute atomic E-state index is 0.120. The number of ketones is 1. The van der Waals surface area contributed by atoms with Crippen molar-refractivity contribution in [2.24, 2.45) is 0 Å². The van der Waals surface area contributed by atoms with Crippen LogP contribution in [-0.2, 0) is 20.9 Å². The van der Waals surface area contributed by atoms with Gasteiger partial charge in [-0.3, -0.25) is 4.79 Å². The van der Waals surface area contributed by atoms with Crippen molar-refractivity contribution in [2.45, 2.75) is 13.5 Å². The van der Waals surface area contributed by atoms with Gasteiger partial charge in [-0.05, 0) is 12.5 Å². The van der Waals surface area contributed by atoms with Gasteiger partial charge in [0.25, 0.3) is 0 Å².